The summed E-state index contributed by atoms with van der Waals surface area (Å²) in [5.41, 5.74) is 0.156. The molecule has 0 aliphatic rings. The van der Waals surface area contributed by atoms with Gasteiger partial charge in [-0.1, -0.05) is 15.9 Å². The van der Waals surface area contributed by atoms with Crippen LogP contribution in [0.4, 0.5) is 5.69 Å². The van der Waals surface area contributed by atoms with Crippen molar-refractivity contribution in [2.75, 3.05) is 5.32 Å². The average molecular weight is 308 g/mol. The first-order valence-electron chi connectivity index (χ1n) is 5.19. The maximum Gasteiger partial charge on any atom is 0.263 e. The molecule has 0 bridgehead atoms. The Balaban J connectivity index is 2.22. The van der Waals surface area contributed by atoms with Crippen molar-refractivity contribution in [2.45, 2.75) is 6.92 Å². The molecule has 6 heteroatoms. The SMILES string of the molecule is Cc1ncc(C(=O)Nc2ccc(Br)cc2)c(=O)[nH]1. The first-order chi connectivity index (χ1) is 8.56. The Bertz CT molecular complexity index is 635. The van der Waals surface area contributed by atoms with Crippen LogP contribution in [0.25, 0.3) is 0 Å². The number of H-pyrrole nitrogens is 1. The molecule has 18 heavy (non-hydrogen) atoms. The van der Waals surface area contributed by atoms with Crippen molar-refractivity contribution >= 4 is 27.5 Å². The van der Waals surface area contributed by atoms with Crippen LogP contribution >= 0.6 is 15.9 Å². The van der Waals surface area contributed by atoms with E-state index >= 15 is 0 Å². The Labute approximate surface area is 111 Å². The van der Waals surface area contributed by atoms with Crippen LogP contribution in [0.1, 0.15) is 16.2 Å². The van der Waals surface area contributed by atoms with Crippen LogP contribution < -0.4 is 10.9 Å². The van der Waals surface area contributed by atoms with E-state index in [0.29, 0.717) is 11.5 Å². The normalized spacial score (nSPS) is 10.1. The Hall–Kier alpha value is -1.95. The van der Waals surface area contributed by atoms with Gasteiger partial charge in [0.05, 0.1) is 0 Å². The summed E-state index contributed by atoms with van der Waals surface area (Å²) in [5.74, 6) is -0.00809. The third kappa shape index (κ3) is 2.84. The highest BCUT2D eigenvalue weighted by Crippen LogP contribution is 2.14. The molecular weight excluding hydrogens is 298 g/mol. The van der Waals surface area contributed by atoms with E-state index < -0.39 is 11.5 Å². The number of carbonyl (C=O) groups excluding carboxylic acids is 1. The average Bonchev–Trinajstić information content (AvgIpc) is 2.32. The zero-order valence-electron chi connectivity index (χ0n) is 9.53. The lowest BCUT2D eigenvalue weighted by atomic mass is 10.2. The van der Waals surface area contributed by atoms with Crippen LogP contribution in [0.15, 0.2) is 39.7 Å². The van der Waals surface area contributed by atoms with Gasteiger partial charge in [-0.15, -0.1) is 0 Å². The van der Waals surface area contributed by atoms with Crippen molar-refractivity contribution < 1.29 is 4.79 Å². The zero-order chi connectivity index (χ0) is 13.1. The lowest BCUT2D eigenvalue weighted by molar-refractivity contribution is 0.102. The highest BCUT2D eigenvalue weighted by atomic mass is 79.9. The van der Waals surface area contributed by atoms with Gasteiger partial charge < -0.3 is 10.3 Å². The monoisotopic (exact) mass is 307 g/mol. The minimum absolute atomic E-state index is 0.0106. The number of nitrogens with one attached hydrogen (secondary N) is 2. The Morgan fingerprint density at radius 2 is 2.00 bits per heavy atom. The summed E-state index contributed by atoms with van der Waals surface area (Å²) in [7, 11) is 0. The smallest absolute Gasteiger partial charge is 0.263 e. The van der Waals surface area contributed by atoms with Crippen molar-refractivity contribution in [3.8, 4) is 0 Å². The second kappa shape index (κ2) is 5.14. The molecule has 92 valence electrons. The fourth-order valence-corrected chi connectivity index (χ4v) is 1.64. The van der Waals surface area contributed by atoms with Crippen molar-refractivity contribution in [3.63, 3.8) is 0 Å². The molecule has 0 fully saturated rings. The molecule has 0 radical (unpaired) electrons. The Morgan fingerprint density at radius 3 is 2.61 bits per heavy atom. The molecule has 0 saturated carbocycles. The molecule has 1 aromatic heterocycles. The lowest BCUT2D eigenvalue weighted by Crippen LogP contribution is -2.24. The van der Waals surface area contributed by atoms with E-state index in [2.05, 4.69) is 31.2 Å². The van der Waals surface area contributed by atoms with Gasteiger partial charge >= 0.3 is 0 Å². The minimum Gasteiger partial charge on any atom is -0.322 e. The summed E-state index contributed by atoms with van der Waals surface area (Å²) in [6.45, 7) is 1.65. The van der Waals surface area contributed by atoms with E-state index in [-0.39, 0.29) is 5.56 Å². The maximum absolute atomic E-state index is 11.8. The number of hydrogen-bond acceptors (Lipinski definition) is 3. The number of aryl methyl sites for hydroxylation is 1. The van der Waals surface area contributed by atoms with Crippen LogP contribution in [0.3, 0.4) is 0 Å². The highest BCUT2D eigenvalue weighted by molar-refractivity contribution is 9.10. The molecule has 2 N–H and O–H groups in total. The van der Waals surface area contributed by atoms with Crippen LogP contribution in [-0.4, -0.2) is 15.9 Å². The standard InChI is InChI=1S/C12H10BrN3O2/c1-7-14-6-10(11(17)15-7)12(18)16-9-4-2-8(13)3-5-9/h2-6H,1H3,(H,16,18)(H,14,15,17). The van der Waals surface area contributed by atoms with Gasteiger partial charge in [-0.2, -0.15) is 0 Å². The molecule has 0 atom stereocenters. The predicted molar refractivity (Wildman–Crippen MR) is 71.7 cm³/mol. The fourth-order valence-electron chi connectivity index (χ4n) is 1.38. The summed E-state index contributed by atoms with van der Waals surface area (Å²) in [6.07, 6.45) is 1.27. The van der Waals surface area contributed by atoms with Gasteiger partial charge in [0.15, 0.2) is 0 Å². The summed E-state index contributed by atoms with van der Waals surface area (Å²) < 4.78 is 0.912. The van der Waals surface area contributed by atoms with E-state index in [0.717, 1.165) is 4.47 Å². The molecular formula is C12H10BrN3O2. The second-order valence-electron chi connectivity index (χ2n) is 3.67. The number of anilines is 1. The van der Waals surface area contributed by atoms with E-state index in [1.165, 1.54) is 6.20 Å². The van der Waals surface area contributed by atoms with E-state index in [1.807, 2.05) is 0 Å². The summed E-state index contributed by atoms with van der Waals surface area (Å²) in [5, 5.41) is 2.63. The predicted octanol–water partition coefficient (Wildman–Crippen LogP) is 2.09. The largest absolute Gasteiger partial charge is 0.322 e. The highest BCUT2D eigenvalue weighted by Gasteiger charge is 2.11. The number of amides is 1. The van der Waals surface area contributed by atoms with Crippen LogP contribution in [0.2, 0.25) is 0 Å². The van der Waals surface area contributed by atoms with Crippen LogP contribution in [-0.2, 0) is 0 Å². The maximum atomic E-state index is 11.8. The van der Waals surface area contributed by atoms with Gasteiger partial charge in [0.2, 0.25) is 0 Å². The number of rotatable bonds is 2. The van der Waals surface area contributed by atoms with Gasteiger partial charge in [-0.05, 0) is 31.2 Å². The molecule has 2 rings (SSSR count). The molecule has 0 spiro atoms. The lowest BCUT2D eigenvalue weighted by Gasteiger charge is -2.04. The van der Waals surface area contributed by atoms with Crippen molar-refractivity contribution in [1.82, 2.24) is 9.97 Å². The van der Waals surface area contributed by atoms with Crippen LogP contribution in [0, 0.1) is 6.92 Å². The molecule has 0 aliphatic carbocycles. The number of carbonyl (C=O) groups is 1. The Morgan fingerprint density at radius 1 is 1.33 bits per heavy atom. The van der Waals surface area contributed by atoms with Crippen LogP contribution in [0.5, 0.6) is 0 Å². The number of nitrogens with zero attached hydrogens (tertiary/aromatic N) is 1. The zero-order valence-corrected chi connectivity index (χ0v) is 11.1. The molecule has 0 aliphatic heterocycles. The van der Waals surface area contributed by atoms with Gasteiger partial charge in [-0.25, -0.2) is 4.98 Å². The number of aromatic amines is 1. The number of aromatic nitrogens is 2. The first kappa shape index (κ1) is 12.5. The van der Waals surface area contributed by atoms with Gasteiger partial charge in [0.1, 0.15) is 11.4 Å². The third-order valence-electron chi connectivity index (χ3n) is 2.27. The molecule has 0 unspecified atom stereocenters. The quantitative estimate of drug-likeness (QED) is 0.892. The van der Waals surface area contributed by atoms with Crippen molar-refractivity contribution in [2.24, 2.45) is 0 Å². The third-order valence-corrected chi connectivity index (χ3v) is 2.80. The summed E-state index contributed by atoms with van der Waals surface area (Å²) in [6, 6.07) is 7.07. The second-order valence-corrected chi connectivity index (χ2v) is 4.59. The first-order valence-corrected chi connectivity index (χ1v) is 5.98. The molecule has 5 nitrogen and oxygen atoms in total. The molecule has 1 amide bonds. The van der Waals surface area contributed by atoms with Gasteiger partial charge in [0.25, 0.3) is 11.5 Å². The summed E-state index contributed by atoms with van der Waals surface area (Å²) in [4.78, 5) is 29.8. The summed E-state index contributed by atoms with van der Waals surface area (Å²) >= 11 is 3.30. The van der Waals surface area contributed by atoms with Crippen molar-refractivity contribution in [3.05, 3.63) is 56.7 Å². The van der Waals surface area contributed by atoms with Gasteiger partial charge in [0, 0.05) is 16.4 Å². The molecule has 2 aromatic rings. The van der Waals surface area contributed by atoms with Crippen molar-refractivity contribution in [1.29, 1.82) is 0 Å². The van der Waals surface area contributed by atoms with E-state index in [1.54, 1.807) is 31.2 Å². The minimum atomic E-state index is -0.480. The number of hydrogen-bond donors (Lipinski definition) is 2. The number of benzene rings is 1. The molecule has 0 saturated heterocycles. The molecule has 1 heterocycles. The van der Waals surface area contributed by atoms with Gasteiger partial charge in [-0.3, -0.25) is 9.59 Å². The molecule has 1 aromatic carbocycles. The van der Waals surface area contributed by atoms with E-state index in [4.69, 9.17) is 0 Å². The topological polar surface area (TPSA) is 74.8 Å². The fraction of sp³-hybridized carbons (Fsp3) is 0.0833. The van der Waals surface area contributed by atoms with E-state index in [9.17, 15) is 9.59 Å². The number of halogens is 1. The Kier molecular flexibility index (Phi) is 3.57.